The largest absolute Gasteiger partial charge is 0.294 e. The van der Waals surface area contributed by atoms with Crippen molar-refractivity contribution in [3.63, 3.8) is 0 Å². The summed E-state index contributed by atoms with van der Waals surface area (Å²) in [6, 6.07) is 0. The average Bonchev–Trinajstić information content (AvgIpc) is 2.13. The topological polar surface area (TPSA) is 34.9 Å². The molecule has 0 radical (unpaired) electrons. The summed E-state index contributed by atoms with van der Waals surface area (Å²) in [4.78, 5) is 15.2. The van der Waals surface area contributed by atoms with Crippen LogP contribution in [0.2, 0.25) is 5.15 Å². The van der Waals surface area contributed by atoms with Crippen LogP contribution in [0.25, 0.3) is 0 Å². The molecule has 1 aromatic heterocycles. The zero-order valence-corrected chi connectivity index (χ0v) is 9.47. The second-order valence-corrected chi connectivity index (χ2v) is 3.57. The van der Waals surface area contributed by atoms with Gasteiger partial charge in [-0.2, -0.15) is 0 Å². The molecule has 0 saturated heterocycles. The molecule has 1 aromatic rings. The number of nitrogens with zero attached hydrogens (tertiary/aromatic N) is 2. The van der Waals surface area contributed by atoms with Crippen molar-refractivity contribution >= 4 is 39.1 Å². The lowest BCUT2D eigenvalue weighted by Gasteiger charge is -2.01. The molecule has 0 unspecified atom stereocenters. The number of aromatic nitrogens is 2. The first-order valence-electron chi connectivity index (χ1n) is 3.32. The maximum absolute atomic E-state index is 11.4. The maximum Gasteiger partial charge on any atom is 0.269 e. The van der Waals surface area contributed by atoms with Crippen LogP contribution < -0.4 is 5.56 Å². The highest BCUT2D eigenvalue weighted by Crippen LogP contribution is 2.13. The molecular weight excluding hydrogens is 279 g/mol. The van der Waals surface area contributed by atoms with Crippen molar-refractivity contribution in [3.8, 4) is 0 Å². The molecule has 0 aliphatic heterocycles. The van der Waals surface area contributed by atoms with Crippen LogP contribution in [0.15, 0.2) is 27.2 Å². The molecule has 0 aliphatic carbocycles. The Kier molecular flexibility index (Phi) is 3.96. The van der Waals surface area contributed by atoms with Gasteiger partial charge in [0.2, 0.25) is 0 Å². The molecule has 3 nitrogen and oxygen atoms in total. The summed E-state index contributed by atoms with van der Waals surface area (Å²) in [6.07, 6.45) is 3.00. The van der Waals surface area contributed by atoms with Gasteiger partial charge in [-0.15, -0.1) is 0 Å². The van der Waals surface area contributed by atoms with Gasteiger partial charge in [0, 0.05) is 12.1 Å². The fourth-order valence-electron chi connectivity index (χ4n) is 0.727. The van der Waals surface area contributed by atoms with Crippen molar-refractivity contribution in [2.75, 3.05) is 0 Å². The SMILES string of the molecule is O=c1c(Br)c(Cl)ncn1C/C=C/Cl. The minimum absolute atomic E-state index is 0.163. The Morgan fingerprint density at radius 2 is 2.38 bits per heavy atom. The molecule has 0 bridgehead atoms. The standard InChI is InChI=1S/C7H5BrCl2N2O/c8-5-6(10)11-4-12(7(5)13)3-1-2-9/h1-2,4H,3H2/b2-1+. The monoisotopic (exact) mass is 282 g/mol. The highest BCUT2D eigenvalue weighted by Gasteiger charge is 2.04. The van der Waals surface area contributed by atoms with Gasteiger partial charge in [0.05, 0.1) is 6.33 Å². The minimum Gasteiger partial charge on any atom is -0.294 e. The van der Waals surface area contributed by atoms with Crippen molar-refractivity contribution in [2.24, 2.45) is 0 Å². The fraction of sp³-hybridized carbons (Fsp3) is 0.143. The first-order chi connectivity index (χ1) is 6.16. The quantitative estimate of drug-likeness (QED) is 0.782. The second kappa shape index (κ2) is 4.79. The van der Waals surface area contributed by atoms with Crippen LogP contribution in [0, 0.1) is 0 Å². The molecule has 0 N–H and O–H groups in total. The van der Waals surface area contributed by atoms with Crippen LogP contribution in [0.5, 0.6) is 0 Å². The molecule has 0 saturated carbocycles. The van der Waals surface area contributed by atoms with Crippen LogP contribution >= 0.6 is 39.1 Å². The lowest BCUT2D eigenvalue weighted by atomic mass is 10.5. The van der Waals surface area contributed by atoms with Gasteiger partial charge in [-0.1, -0.05) is 29.3 Å². The van der Waals surface area contributed by atoms with Crippen LogP contribution in [0.4, 0.5) is 0 Å². The molecule has 0 aromatic carbocycles. The number of halogens is 3. The Bertz CT molecular complexity index is 389. The van der Waals surface area contributed by atoms with Crippen molar-refractivity contribution in [2.45, 2.75) is 6.54 Å². The molecule has 6 heteroatoms. The van der Waals surface area contributed by atoms with Crippen molar-refractivity contribution in [1.29, 1.82) is 0 Å². The van der Waals surface area contributed by atoms with Gasteiger partial charge in [-0.25, -0.2) is 4.98 Å². The third-order valence-corrected chi connectivity index (χ3v) is 2.74. The van der Waals surface area contributed by atoms with Gasteiger partial charge < -0.3 is 0 Å². The summed E-state index contributed by atoms with van der Waals surface area (Å²) >= 11 is 14.0. The van der Waals surface area contributed by atoms with Gasteiger partial charge in [0.25, 0.3) is 5.56 Å². The van der Waals surface area contributed by atoms with Gasteiger partial charge in [-0.05, 0) is 15.9 Å². The van der Waals surface area contributed by atoms with Crippen molar-refractivity contribution in [3.05, 3.63) is 37.9 Å². The lowest BCUT2D eigenvalue weighted by molar-refractivity contribution is 0.748. The highest BCUT2D eigenvalue weighted by molar-refractivity contribution is 9.10. The predicted octanol–water partition coefficient (Wildman–Crippen LogP) is 2.41. The van der Waals surface area contributed by atoms with Gasteiger partial charge in [0.15, 0.2) is 5.15 Å². The van der Waals surface area contributed by atoms with E-state index in [1.807, 2.05) is 0 Å². The van der Waals surface area contributed by atoms with Crippen molar-refractivity contribution < 1.29 is 0 Å². The fourth-order valence-corrected chi connectivity index (χ4v) is 1.26. The highest BCUT2D eigenvalue weighted by atomic mass is 79.9. The van der Waals surface area contributed by atoms with E-state index in [4.69, 9.17) is 23.2 Å². The van der Waals surface area contributed by atoms with Crippen molar-refractivity contribution in [1.82, 2.24) is 9.55 Å². The smallest absolute Gasteiger partial charge is 0.269 e. The molecule has 1 heterocycles. The zero-order valence-electron chi connectivity index (χ0n) is 6.38. The average molecular weight is 284 g/mol. The Morgan fingerprint density at radius 3 is 3.00 bits per heavy atom. The normalized spacial score (nSPS) is 11.0. The predicted molar refractivity (Wildman–Crippen MR) is 56.2 cm³/mol. The molecule has 13 heavy (non-hydrogen) atoms. The Labute approximate surface area is 93.1 Å². The molecule has 0 amide bonds. The van der Waals surface area contributed by atoms with Crippen LogP contribution in [0.1, 0.15) is 0 Å². The third-order valence-electron chi connectivity index (χ3n) is 1.33. The van der Waals surface area contributed by atoms with E-state index in [1.165, 1.54) is 16.4 Å². The molecule has 0 spiro atoms. The summed E-state index contributed by atoms with van der Waals surface area (Å²) in [5.74, 6) is 0. The summed E-state index contributed by atoms with van der Waals surface area (Å²) < 4.78 is 1.65. The summed E-state index contributed by atoms with van der Waals surface area (Å²) in [6.45, 7) is 0.380. The van der Waals surface area contributed by atoms with E-state index in [0.29, 0.717) is 6.54 Å². The van der Waals surface area contributed by atoms with E-state index < -0.39 is 0 Å². The summed E-state index contributed by atoms with van der Waals surface area (Å²) in [5.41, 5.74) is 1.12. The molecule has 1 rings (SSSR count). The second-order valence-electron chi connectivity index (χ2n) is 2.17. The van der Waals surface area contributed by atoms with E-state index in [2.05, 4.69) is 20.9 Å². The van der Waals surface area contributed by atoms with Gasteiger partial charge in [-0.3, -0.25) is 9.36 Å². The number of rotatable bonds is 2. The molecule has 0 atom stereocenters. The minimum atomic E-state index is -0.227. The van der Waals surface area contributed by atoms with Crippen LogP contribution in [0.3, 0.4) is 0 Å². The summed E-state index contributed by atoms with van der Waals surface area (Å²) in [7, 11) is 0. The Balaban J connectivity index is 3.11. The third kappa shape index (κ3) is 2.56. The number of hydrogen-bond donors (Lipinski definition) is 0. The van der Waals surface area contributed by atoms with Crippen LogP contribution in [-0.2, 0) is 6.54 Å². The first kappa shape index (κ1) is 10.8. The lowest BCUT2D eigenvalue weighted by Crippen LogP contribution is -2.20. The van der Waals surface area contributed by atoms with E-state index in [0.717, 1.165) is 0 Å². The van der Waals surface area contributed by atoms with E-state index in [-0.39, 0.29) is 15.2 Å². The number of hydrogen-bond acceptors (Lipinski definition) is 2. The Morgan fingerprint density at radius 1 is 1.69 bits per heavy atom. The Hall–Kier alpha value is -0.320. The molecular formula is C7H5BrCl2N2O. The zero-order chi connectivity index (χ0) is 9.84. The number of allylic oxidation sites excluding steroid dienone is 1. The van der Waals surface area contributed by atoms with E-state index >= 15 is 0 Å². The molecule has 0 fully saturated rings. The molecule has 0 aliphatic rings. The van der Waals surface area contributed by atoms with Gasteiger partial charge in [0.1, 0.15) is 4.47 Å². The van der Waals surface area contributed by atoms with Gasteiger partial charge >= 0.3 is 0 Å². The maximum atomic E-state index is 11.4. The summed E-state index contributed by atoms with van der Waals surface area (Å²) in [5, 5.41) is 0.163. The van der Waals surface area contributed by atoms with Crippen LogP contribution in [-0.4, -0.2) is 9.55 Å². The van der Waals surface area contributed by atoms with E-state index in [1.54, 1.807) is 6.08 Å². The van der Waals surface area contributed by atoms with E-state index in [9.17, 15) is 4.79 Å². The first-order valence-corrected chi connectivity index (χ1v) is 4.93. The molecule has 70 valence electrons.